The van der Waals surface area contributed by atoms with E-state index in [1.54, 1.807) is 43.3 Å². The summed E-state index contributed by atoms with van der Waals surface area (Å²) in [5, 5.41) is 0. The lowest BCUT2D eigenvalue weighted by Gasteiger charge is -2.15. The summed E-state index contributed by atoms with van der Waals surface area (Å²) in [6.07, 6.45) is -0.771. The Morgan fingerprint density at radius 2 is 1.77 bits per heavy atom. The SMILES string of the molecule is CCOc1ccc(C(=O)NNC(=O)C(C)Oc2ccccc2)cc1OC. The van der Waals surface area contributed by atoms with Gasteiger partial charge >= 0.3 is 0 Å². The number of carbonyl (C=O) groups is 2. The van der Waals surface area contributed by atoms with Crippen molar-refractivity contribution in [3.05, 3.63) is 54.1 Å². The maximum Gasteiger partial charge on any atom is 0.279 e. The predicted octanol–water partition coefficient (Wildman–Crippen LogP) is 2.32. The highest BCUT2D eigenvalue weighted by molar-refractivity contribution is 5.96. The van der Waals surface area contributed by atoms with Gasteiger partial charge in [-0.25, -0.2) is 0 Å². The fourth-order valence-electron chi connectivity index (χ4n) is 2.13. The van der Waals surface area contributed by atoms with Crippen LogP contribution < -0.4 is 25.1 Å². The van der Waals surface area contributed by atoms with Crippen LogP contribution in [0, 0.1) is 0 Å². The Morgan fingerprint density at radius 3 is 2.42 bits per heavy atom. The lowest BCUT2D eigenvalue weighted by Crippen LogP contribution is -2.47. The van der Waals surface area contributed by atoms with E-state index in [2.05, 4.69) is 10.9 Å². The van der Waals surface area contributed by atoms with Gasteiger partial charge in [-0.3, -0.25) is 20.4 Å². The topological polar surface area (TPSA) is 85.9 Å². The molecule has 7 nitrogen and oxygen atoms in total. The Morgan fingerprint density at radius 1 is 1.04 bits per heavy atom. The van der Waals surface area contributed by atoms with Crippen LogP contribution in [0.3, 0.4) is 0 Å². The first-order chi connectivity index (χ1) is 12.5. The summed E-state index contributed by atoms with van der Waals surface area (Å²) in [4.78, 5) is 24.3. The quantitative estimate of drug-likeness (QED) is 0.742. The van der Waals surface area contributed by atoms with E-state index in [0.717, 1.165) is 0 Å². The third kappa shape index (κ3) is 5.14. The molecule has 0 saturated heterocycles. The third-order valence-corrected chi connectivity index (χ3v) is 3.45. The monoisotopic (exact) mass is 358 g/mol. The van der Waals surface area contributed by atoms with Crippen LogP contribution in [0.25, 0.3) is 0 Å². The standard InChI is InChI=1S/C19H22N2O5/c1-4-25-16-11-10-14(12-17(16)24-3)19(23)21-20-18(22)13(2)26-15-8-6-5-7-9-15/h5-13H,4H2,1-3H3,(H,20,22)(H,21,23). The summed E-state index contributed by atoms with van der Waals surface area (Å²) >= 11 is 0. The molecule has 0 bridgehead atoms. The fourth-order valence-corrected chi connectivity index (χ4v) is 2.13. The minimum Gasteiger partial charge on any atom is -0.493 e. The van der Waals surface area contributed by atoms with Crippen molar-refractivity contribution >= 4 is 11.8 Å². The maximum atomic E-state index is 12.2. The molecule has 2 aromatic rings. The van der Waals surface area contributed by atoms with Crippen molar-refractivity contribution in [3.8, 4) is 17.2 Å². The van der Waals surface area contributed by atoms with Gasteiger partial charge in [0, 0.05) is 5.56 Å². The molecule has 0 radical (unpaired) electrons. The molecule has 2 aromatic carbocycles. The van der Waals surface area contributed by atoms with Crippen molar-refractivity contribution in [2.75, 3.05) is 13.7 Å². The van der Waals surface area contributed by atoms with Gasteiger partial charge < -0.3 is 14.2 Å². The van der Waals surface area contributed by atoms with E-state index in [1.165, 1.54) is 13.2 Å². The first-order valence-corrected chi connectivity index (χ1v) is 8.18. The number of para-hydroxylation sites is 1. The van der Waals surface area contributed by atoms with Crippen LogP contribution in [0.1, 0.15) is 24.2 Å². The van der Waals surface area contributed by atoms with Crippen molar-refractivity contribution in [1.29, 1.82) is 0 Å². The molecule has 0 aliphatic heterocycles. The van der Waals surface area contributed by atoms with Crippen LogP contribution in [0.2, 0.25) is 0 Å². The molecule has 26 heavy (non-hydrogen) atoms. The van der Waals surface area contributed by atoms with E-state index in [0.29, 0.717) is 29.4 Å². The molecule has 0 aliphatic rings. The van der Waals surface area contributed by atoms with Gasteiger partial charge in [0.05, 0.1) is 13.7 Å². The molecule has 0 spiro atoms. The summed E-state index contributed by atoms with van der Waals surface area (Å²) in [6.45, 7) is 3.93. The van der Waals surface area contributed by atoms with Gasteiger partial charge in [0.15, 0.2) is 17.6 Å². The summed E-state index contributed by atoms with van der Waals surface area (Å²) in [7, 11) is 1.49. The molecule has 2 rings (SSSR count). The number of methoxy groups -OCH3 is 1. The molecule has 0 fully saturated rings. The summed E-state index contributed by atoms with van der Waals surface area (Å²) in [6, 6.07) is 13.7. The van der Waals surface area contributed by atoms with Crippen LogP contribution in [0.5, 0.6) is 17.2 Å². The van der Waals surface area contributed by atoms with Crippen molar-refractivity contribution in [3.63, 3.8) is 0 Å². The van der Waals surface area contributed by atoms with Crippen LogP contribution in [0.4, 0.5) is 0 Å². The van der Waals surface area contributed by atoms with Crippen molar-refractivity contribution < 1.29 is 23.8 Å². The number of hydrazine groups is 1. The van der Waals surface area contributed by atoms with Gasteiger partial charge in [-0.05, 0) is 44.2 Å². The van der Waals surface area contributed by atoms with E-state index < -0.39 is 17.9 Å². The molecular formula is C19H22N2O5. The Balaban J connectivity index is 1.92. The highest BCUT2D eigenvalue weighted by atomic mass is 16.5. The Bertz CT molecular complexity index is 749. The average Bonchev–Trinajstić information content (AvgIpc) is 2.67. The van der Waals surface area contributed by atoms with E-state index in [-0.39, 0.29) is 0 Å². The molecule has 7 heteroatoms. The number of carbonyl (C=O) groups excluding carboxylic acids is 2. The second kappa shape index (κ2) is 9.31. The van der Waals surface area contributed by atoms with Gasteiger partial charge in [0.2, 0.25) is 0 Å². The lowest BCUT2D eigenvalue weighted by atomic mass is 10.2. The van der Waals surface area contributed by atoms with Crippen LogP contribution >= 0.6 is 0 Å². The van der Waals surface area contributed by atoms with Crippen LogP contribution in [-0.2, 0) is 4.79 Å². The molecule has 0 aliphatic carbocycles. The largest absolute Gasteiger partial charge is 0.493 e. The smallest absolute Gasteiger partial charge is 0.279 e. The van der Waals surface area contributed by atoms with Crippen LogP contribution in [0.15, 0.2) is 48.5 Å². The minimum absolute atomic E-state index is 0.322. The van der Waals surface area contributed by atoms with Crippen molar-refractivity contribution in [1.82, 2.24) is 10.9 Å². The number of hydrogen-bond donors (Lipinski definition) is 2. The number of benzene rings is 2. The zero-order chi connectivity index (χ0) is 18.9. The number of amides is 2. The lowest BCUT2D eigenvalue weighted by molar-refractivity contribution is -0.128. The first kappa shape index (κ1) is 19.1. The molecule has 138 valence electrons. The summed E-state index contributed by atoms with van der Waals surface area (Å²) in [5.41, 5.74) is 5.02. The van der Waals surface area contributed by atoms with Gasteiger partial charge in [-0.1, -0.05) is 18.2 Å². The average molecular weight is 358 g/mol. The van der Waals surface area contributed by atoms with Gasteiger partial charge in [-0.2, -0.15) is 0 Å². The third-order valence-electron chi connectivity index (χ3n) is 3.45. The zero-order valence-corrected chi connectivity index (χ0v) is 14.9. The van der Waals surface area contributed by atoms with E-state index >= 15 is 0 Å². The number of nitrogens with one attached hydrogen (secondary N) is 2. The summed E-state index contributed by atoms with van der Waals surface area (Å²) in [5.74, 6) is 0.594. The normalized spacial score (nSPS) is 11.2. The number of rotatable bonds is 7. The van der Waals surface area contributed by atoms with E-state index in [1.807, 2.05) is 13.0 Å². The molecule has 1 atom stereocenters. The molecule has 1 unspecified atom stereocenters. The van der Waals surface area contributed by atoms with Gasteiger partial charge in [0.1, 0.15) is 5.75 Å². The van der Waals surface area contributed by atoms with Crippen molar-refractivity contribution in [2.45, 2.75) is 20.0 Å². The highest BCUT2D eigenvalue weighted by Crippen LogP contribution is 2.27. The molecule has 2 amide bonds. The molecule has 0 heterocycles. The second-order valence-corrected chi connectivity index (χ2v) is 5.32. The van der Waals surface area contributed by atoms with Gasteiger partial charge in [-0.15, -0.1) is 0 Å². The van der Waals surface area contributed by atoms with Gasteiger partial charge in [0.25, 0.3) is 11.8 Å². The molecular weight excluding hydrogens is 336 g/mol. The Hall–Kier alpha value is -3.22. The first-order valence-electron chi connectivity index (χ1n) is 8.18. The maximum absolute atomic E-state index is 12.2. The van der Waals surface area contributed by atoms with Crippen LogP contribution in [-0.4, -0.2) is 31.6 Å². The summed E-state index contributed by atoms with van der Waals surface area (Å²) < 4.78 is 16.1. The van der Waals surface area contributed by atoms with Crippen molar-refractivity contribution in [2.24, 2.45) is 0 Å². The zero-order valence-electron chi connectivity index (χ0n) is 14.9. The number of ether oxygens (including phenoxy) is 3. The molecule has 0 aromatic heterocycles. The Labute approximate surface area is 152 Å². The molecule has 0 saturated carbocycles. The number of hydrogen-bond acceptors (Lipinski definition) is 5. The van der Waals surface area contributed by atoms with E-state index in [9.17, 15) is 9.59 Å². The van der Waals surface area contributed by atoms with E-state index in [4.69, 9.17) is 14.2 Å². The fraction of sp³-hybridized carbons (Fsp3) is 0.263. The Kier molecular flexibility index (Phi) is 6.84. The minimum atomic E-state index is -0.771. The predicted molar refractivity (Wildman–Crippen MR) is 96.3 cm³/mol. The second-order valence-electron chi connectivity index (χ2n) is 5.32. The molecule has 2 N–H and O–H groups in total. The highest BCUT2D eigenvalue weighted by Gasteiger charge is 2.16.